The fourth-order valence-corrected chi connectivity index (χ4v) is 1.62. The lowest BCUT2D eigenvalue weighted by atomic mass is 10.1. The predicted molar refractivity (Wildman–Crippen MR) is 69.4 cm³/mol. The number of aromatic hydroxyl groups is 1. The fourth-order valence-electron chi connectivity index (χ4n) is 1.62. The van der Waals surface area contributed by atoms with Gasteiger partial charge in [-0.1, -0.05) is 6.07 Å². The van der Waals surface area contributed by atoms with Crippen LogP contribution in [0.25, 0.3) is 0 Å². The molecule has 0 fully saturated rings. The number of amides is 1. The summed E-state index contributed by atoms with van der Waals surface area (Å²) in [5.74, 6) is -2.91. The third-order valence-electron chi connectivity index (χ3n) is 2.56. The Bertz CT molecular complexity index is 685. The van der Waals surface area contributed by atoms with Gasteiger partial charge in [0.1, 0.15) is 11.6 Å². The Hall–Kier alpha value is -2.89. The fraction of sp³-hybridized carbons (Fsp3) is 0. The summed E-state index contributed by atoms with van der Waals surface area (Å²) in [6.07, 6.45) is 0. The van der Waals surface area contributed by atoms with Crippen LogP contribution in [0.1, 0.15) is 20.7 Å². The van der Waals surface area contributed by atoms with Crippen LogP contribution in [0.15, 0.2) is 42.5 Å². The van der Waals surface area contributed by atoms with E-state index in [2.05, 4.69) is 5.32 Å². The molecule has 2 aromatic carbocycles. The minimum atomic E-state index is -1.42. The number of hydrogen-bond donors (Lipinski definition) is 3. The Morgan fingerprint density at radius 3 is 2.50 bits per heavy atom. The maximum absolute atomic E-state index is 13.2. The Morgan fingerprint density at radius 2 is 1.85 bits per heavy atom. The van der Waals surface area contributed by atoms with Crippen LogP contribution in [0.3, 0.4) is 0 Å². The van der Waals surface area contributed by atoms with Crippen molar-refractivity contribution < 1.29 is 24.2 Å². The first-order valence-corrected chi connectivity index (χ1v) is 5.60. The van der Waals surface area contributed by atoms with E-state index in [1.807, 2.05) is 0 Å². The standard InChI is InChI=1S/C14H10FNO4/c15-12-5-4-9(7-11(12)14(19)20)16-13(18)8-2-1-3-10(17)6-8/h1-7,17H,(H,16,18)(H,19,20). The molecule has 102 valence electrons. The summed E-state index contributed by atoms with van der Waals surface area (Å²) in [7, 11) is 0. The van der Waals surface area contributed by atoms with Gasteiger partial charge >= 0.3 is 5.97 Å². The Morgan fingerprint density at radius 1 is 1.10 bits per heavy atom. The van der Waals surface area contributed by atoms with Gasteiger partial charge in [-0.2, -0.15) is 0 Å². The van der Waals surface area contributed by atoms with Gasteiger partial charge in [-0.15, -0.1) is 0 Å². The van der Waals surface area contributed by atoms with Gasteiger partial charge in [0.15, 0.2) is 0 Å². The molecule has 0 saturated heterocycles. The molecule has 0 bridgehead atoms. The quantitative estimate of drug-likeness (QED) is 0.803. The number of carboxylic acid groups (broad SMARTS) is 1. The van der Waals surface area contributed by atoms with Crippen LogP contribution in [-0.2, 0) is 0 Å². The summed E-state index contributed by atoms with van der Waals surface area (Å²) in [5.41, 5.74) is -0.179. The molecule has 0 saturated carbocycles. The van der Waals surface area contributed by atoms with Crippen molar-refractivity contribution in [2.45, 2.75) is 0 Å². The molecule has 0 aliphatic carbocycles. The van der Waals surface area contributed by atoms with E-state index in [1.165, 1.54) is 30.3 Å². The van der Waals surface area contributed by atoms with E-state index in [4.69, 9.17) is 5.11 Å². The number of nitrogens with one attached hydrogen (secondary N) is 1. The number of carboxylic acids is 1. The molecular formula is C14H10FNO4. The van der Waals surface area contributed by atoms with Crippen LogP contribution >= 0.6 is 0 Å². The van der Waals surface area contributed by atoms with Gasteiger partial charge in [-0.3, -0.25) is 4.79 Å². The highest BCUT2D eigenvalue weighted by atomic mass is 19.1. The number of aromatic carboxylic acids is 1. The third kappa shape index (κ3) is 2.92. The van der Waals surface area contributed by atoms with Crippen LogP contribution < -0.4 is 5.32 Å². The first kappa shape index (κ1) is 13.5. The molecule has 2 aromatic rings. The normalized spacial score (nSPS) is 10.1. The molecule has 0 aliphatic heterocycles. The van der Waals surface area contributed by atoms with Crippen molar-refractivity contribution in [2.75, 3.05) is 5.32 Å². The molecular weight excluding hydrogens is 265 g/mol. The molecule has 0 spiro atoms. The number of carbonyl (C=O) groups is 2. The monoisotopic (exact) mass is 275 g/mol. The lowest BCUT2D eigenvalue weighted by Gasteiger charge is -2.07. The van der Waals surface area contributed by atoms with Crippen molar-refractivity contribution in [2.24, 2.45) is 0 Å². The number of halogens is 1. The van der Waals surface area contributed by atoms with Crippen LogP contribution in [0, 0.1) is 5.82 Å². The van der Waals surface area contributed by atoms with E-state index >= 15 is 0 Å². The van der Waals surface area contributed by atoms with Gasteiger partial charge in [0.2, 0.25) is 0 Å². The molecule has 6 heteroatoms. The minimum Gasteiger partial charge on any atom is -0.508 e. The summed E-state index contributed by atoms with van der Waals surface area (Å²) in [5, 5.41) is 20.5. The zero-order valence-corrected chi connectivity index (χ0v) is 10.1. The van der Waals surface area contributed by atoms with Gasteiger partial charge in [-0.05, 0) is 36.4 Å². The molecule has 1 amide bonds. The summed E-state index contributed by atoms with van der Waals surface area (Å²) in [6, 6.07) is 8.89. The number of benzene rings is 2. The molecule has 0 unspecified atom stereocenters. The number of carbonyl (C=O) groups excluding carboxylic acids is 1. The van der Waals surface area contributed by atoms with Crippen molar-refractivity contribution in [1.82, 2.24) is 0 Å². The van der Waals surface area contributed by atoms with Crippen LogP contribution in [-0.4, -0.2) is 22.1 Å². The zero-order valence-electron chi connectivity index (χ0n) is 10.1. The lowest BCUT2D eigenvalue weighted by molar-refractivity contribution is 0.0691. The molecule has 0 atom stereocenters. The van der Waals surface area contributed by atoms with Crippen molar-refractivity contribution in [3.63, 3.8) is 0 Å². The van der Waals surface area contributed by atoms with Crippen molar-refractivity contribution in [1.29, 1.82) is 0 Å². The second kappa shape index (κ2) is 5.40. The highest BCUT2D eigenvalue weighted by Crippen LogP contribution is 2.17. The summed E-state index contributed by atoms with van der Waals surface area (Å²) >= 11 is 0. The van der Waals surface area contributed by atoms with Gasteiger partial charge in [-0.25, -0.2) is 9.18 Å². The minimum absolute atomic E-state index is 0.0667. The molecule has 0 aliphatic rings. The zero-order chi connectivity index (χ0) is 14.7. The molecule has 5 nitrogen and oxygen atoms in total. The summed E-state index contributed by atoms with van der Waals surface area (Å²) < 4.78 is 13.2. The van der Waals surface area contributed by atoms with Crippen LogP contribution in [0.5, 0.6) is 5.75 Å². The van der Waals surface area contributed by atoms with Gasteiger partial charge < -0.3 is 15.5 Å². The average Bonchev–Trinajstić information content (AvgIpc) is 2.40. The van der Waals surface area contributed by atoms with E-state index < -0.39 is 23.3 Å². The van der Waals surface area contributed by atoms with Crippen LogP contribution in [0.2, 0.25) is 0 Å². The van der Waals surface area contributed by atoms with E-state index in [9.17, 15) is 19.1 Å². The maximum Gasteiger partial charge on any atom is 0.338 e. The van der Waals surface area contributed by atoms with E-state index in [0.29, 0.717) is 0 Å². The van der Waals surface area contributed by atoms with Crippen molar-refractivity contribution in [3.8, 4) is 5.75 Å². The highest BCUT2D eigenvalue weighted by molar-refractivity contribution is 6.05. The average molecular weight is 275 g/mol. The second-order valence-electron chi connectivity index (χ2n) is 4.00. The summed E-state index contributed by atoms with van der Waals surface area (Å²) in [6.45, 7) is 0. The van der Waals surface area contributed by atoms with Crippen LogP contribution in [0.4, 0.5) is 10.1 Å². The number of phenolic OH excluding ortho intramolecular Hbond substituents is 1. The third-order valence-corrected chi connectivity index (χ3v) is 2.56. The molecule has 20 heavy (non-hydrogen) atoms. The lowest BCUT2D eigenvalue weighted by Crippen LogP contribution is -2.12. The maximum atomic E-state index is 13.2. The number of phenols is 1. The van der Waals surface area contributed by atoms with Gasteiger partial charge in [0.25, 0.3) is 5.91 Å². The second-order valence-corrected chi connectivity index (χ2v) is 4.00. The number of rotatable bonds is 3. The first-order chi connectivity index (χ1) is 9.47. The SMILES string of the molecule is O=C(Nc1ccc(F)c(C(=O)O)c1)c1cccc(O)c1. The van der Waals surface area contributed by atoms with Crippen molar-refractivity contribution in [3.05, 3.63) is 59.4 Å². The molecule has 0 aromatic heterocycles. The predicted octanol–water partition coefficient (Wildman–Crippen LogP) is 2.48. The Labute approximate surface area is 113 Å². The Balaban J connectivity index is 2.24. The molecule has 0 heterocycles. The number of hydrogen-bond acceptors (Lipinski definition) is 3. The first-order valence-electron chi connectivity index (χ1n) is 5.60. The van der Waals surface area contributed by atoms with Crippen molar-refractivity contribution >= 4 is 17.6 Å². The Kier molecular flexibility index (Phi) is 3.65. The van der Waals surface area contributed by atoms with Gasteiger partial charge in [0, 0.05) is 11.3 Å². The summed E-state index contributed by atoms with van der Waals surface area (Å²) in [4.78, 5) is 22.7. The largest absolute Gasteiger partial charge is 0.508 e. The van der Waals surface area contributed by atoms with Gasteiger partial charge in [0.05, 0.1) is 5.56 Å². The topological polar surface area (TPSA) is 86.6 Å². The smallest absolute Gasteiger partial charge is 0.338 e. The molecule has 2 rings (SSSR count). The number of anilines is 1. The van der Waals surface area contributed by atoms with E-state index in [1.54, 1.807) is 0 Å². The highest BCUT2D eigenvalue weighted by Gasteiger charge is 2.13. The molecule has 3 N–H and O–H groups in total. The molecule has 0 radical (unpaired) electrons. The van der Waals surface area contributed by atoms with E-state index in [-0.39, 0.29) is 17.0 Å². The van der Waals surface area contributed by atoms with E-state index in [0.717, 1.165) is 12.1 Å².